The third kappa shape index (κ3) is 9.03. The van der Waals surface area contributed by atoms with Crippen LogP contribution in [0.4, 0.5) is 13.2 Å². The number of nitrogens with two attached hydrogens (primary N) is 1. The zero-order chi connectivity index (χ0) is 22.1. The number of rotatable bonds is 8. The summed E-state index contributed by atoms with van der Waals surface area (Å²) in [6, 6.07) is 12.4. The summed E-state index contributed by atoms with van der Waals surface area (Å²) in [6.07, 6.45) is -3.61. The van der Waals surface area contributed by atoms with Crippen LogP contribution in [0.2, 0.25) is 0 Å². The first-order valence-corrected chi connectivity index (χ1v) is 9.27. The van der Waals surface area contributed by atoms with Crippen molar-refractivity contribution in [3.8, 4) is 5.75 Å². The van der Waals surface area contributed by atoms with Crippen LogP contribution in [0.25, 0.3) is 0 Å². The molecule has 6 nitrogen and oxygen atoms in total. The van der Waals surface area contributed by atoms with Gasteiger partial charge in [-0.3, -0.25) is 9.79 Å². The van der Waals surface area contributed by atoms with E-state index < -0.39 is 17.6 Å². The quantitative estimate of drug-likeness (QED) is 0.300. The molecule has 3 N–H and O–H groups in total. The number of benzene rings is 2. The highest BCUT2D eigenvalue weighted by Crippen LogP contribution is 2.29. The minimum absolute atomic E-state index is 0. The number of carbonyl (C=O) groups excluding carboxylic acids is 1. The second kappa shape index (κ2) is 12.4. The van der Waals surface area contributed by atoms with Crippen LogP contribution < -0.4 is 15.8 Å². The van der Waals surface area contributed by atoms with Gasteiger partial charge in [0.15, 0.2) is 12.6 Å². The lowest BCUT2D eigenvalue weighted by Gasteiger charge is -2.22. The lowest BCUT2D eigenvalue weighted by Crippen LogP contribution is -2.39. The van der Waals surface area contributed by atoms with E-state index >= 15 is 0 Å². The predicted molar refractivity (Wildman–Crippen MR) is 125 cm³/mol. The van der Waals surface area contributed by atoms with Gasteiger partial charge in [-0.25, -0.2) is 0 Å². The number of guanidine groups is 1. The van der Waals surface area contributed by atoms with E-state index in [2.05, 4.69) is 10.3 Å². The SMILES string of the molecule is CN=C(NCCc1ccc(OCC(N)=O)cc1)N(C)Cc1ccc(C(F)(F)F)cc1.I. The molecule has 0 spiro atoms. The zero-order valence-electron chi connectivity index (χ0n) is 17.3. The number of halogens is 4. The molecule has 0 atom stereocenters. The molecule has 0 bridgehead atoms. The number of nitrogens with zero attached hydrogens (tertiary/aromatic N) is 2. The highest BCUT2D eigenvalue weighted by atomic mass is 127. The molecule has 10 heteroatoms. The van der Waals surface area contributed by atoms with Crippen molar-refractivity contribution in [3.63, 3.8) is 0 Å². The molecule has 1 amide bonds. The smallest absolute Gasteiger partial charge is 0.416 e. The molecule has 2 aromatic rings. The average Bonchev–Trinajstić information content (AvgIpc) is 2.70. The summed E-state index contributed by atoms with van der Waals surface area (Å²) in [5, 5.41) is 3.23. The van der Waals surface area contributed by atoms with Gasteiger partial charge in [0, 0.05) is 27.2 Å². The van der Waals surface area contributed by atoms with Crippen molar-refractivity contribution >= 4 is 35.8 Å². The van der Waals surface area contributed by atoms with Crippen LogP contribution in [0.3, 0.4) is 0 Å². The predicted octanol–water partition coefficient (Wildman–Crippen LogP) is 3.44. The van der Waals surface area contributed by atoms with E-state index in [1.54, 1.807) is 19.2 Å². The normalized spacial score (nSPS) is 11.5. The van der Waals surface area contributed by atoms with Crippen LogP contribution in [0.1, 0.15) is 16.7 Å². The molecular formula is C21H26F3IN4O2. The first kappa shape index (κ1) is 26.5. The Morgan fingerprint density at radius 2 is 1.68 bits per heavy atom. The topological polar surface area (TPSA) is 80.0 Å². The lowest BCUT2D eigenvalue weighted by atomic mass is 10.1. The fourth-order valence-corrected chi connectivity index (χ4v) is 2.76. The molecule has 31 heavy (non-hydrogen) atoms. The number of aliphatic imine (C=N–C) groups is 1. The number of hydrogen-bond acceptors (Lipinski definition) is 3. The van der Waals surface area contributed by atoms with E-state index in [4.69, 9.17) is 10.5 Å². The molecule has 170 valence electrons. The standard InChI is InChI=1S/C21H25F3N4O2.HI/c1-26-20(28(2)13-16-3-7-17(8-4-16)21(22,23)24)27-12-11-15-5-9-18(10-6-15)30-14-19(25)29;/h3-10H,11-14H2,1-2H3,(H2,25,29)(H,26,27);1H. The Balaban J connectivity index is 0.00000480. The first-order valence-electron chi connectivity index (χ1n) is 9.27. The van der Waals surface area contributed by atoms with Crippen molar-refractivity contribution in [2.24, 2.45) is 10.7 Å². The summed E-state index contributed by atoms with van der Waals surface area (Å²) in [6.45, 7) is 0.873. The molecule has 0 unspecified atom stereocenters. The molecule has 0 aliphatic heterocycles. The molecule has 2 aromatic carbocycles. The van der Waals surface area contributed by atoms with Crippen LogP contribution in [-0.4, -0.2) is 44.0 Å². The summed E-state index contributed by atoms with van der Waals surface area (Å²) in [7, 11) is 3.47. The van der Waals surface area contributed by atoms with E-state index in [0.717, 1.165) is 29.7 Å². The second-order valence-corrected chi connectivity index (χ2v) is 6.67. The van der Waals surface area contributed by atoms with E-state index in [-0.39, 0.29) is 30.6 Å². The van der Waals surface area contributed by atoms with Crippen LogP contribution in [0.15, 0.2) is 53.5 Å². The minimum Gasteiger partial charge on any atom is -0.484 e. The molecule has 0 saturated carbocycles. The molecule has 0 aromatic heterocycles. The Kier molecular flexibility index (Phi) is 10.6. The maximum atomic E-state index is 12.7. The van der Waals surface area contributed by atoms with Crippen molar-refractivity contribution in [3.05, 3.63) is 65.2 Å². The summed E-state index contributed by atoms with van der Waals surface area (Å²) in [4.78, 5) is 16.8. The van der Waals surface area contributed by atoms with Gasteiger partial charge in [0.1, 0.15) is 5.75 Å². The van der Waals surface area contributed by atoms with Crippen molar-refractivity contribution in [2.45, 2.75) is 19.1 Å². The molecule has 0 aliphatic rings. The monoisotopic (exact) mass is 550 g/mol. The third-order valence-electron chi connectivity index (χ3n) is 4.28. The third-order valence-corrected chi connectivity index (χ3v) is 4.28. The van der Waals surface area contributed by atoms with Crippen LogP contribution in [0.5, 0.6) is 5.75 Å². The largest absolute Gasteiger partial charge is 0.484 e. The average molecular weight is 550 g/mol. The summed E-state index contributed by atoms with van der Waals surface area (Å²) >= 11 is 0. The summed E-state index contributed by atoms with van der Waals surface area (Å²) in [5.74, 6) is 0.670. The summed E-state index contributed by atoms with van der Waals surface area (Å²) < 4.78 is 43.2. The molecule has 0 fully saturated rings. The van der Waals surface area contributed by atoms with Gasteiger partial charge in [0.05, 0.1) is 5.56 Å². The number of amides is 1. The maximum absolute atomic E-state index is 12.7. The highest BCUT2D eigenvalue weighted by Gasteiger charge is 2.29. The zero-order valence-corrected chi connectivity index (χ0v) is 19.6. The maximum Gasteiger partial charge on any atom is 0.416 e. The van der Waals surface area contributed by atoms with Crippen molar-refractivity contribution in [1.82, 2.24) is 10.2 Å². The van der Waals surface area contributed by atoms with Gasteiger partial charge < -0.3 is 20.7 Å². The van der Waals surface area contributed by atoms with E-state index in [0.29, 0.717) is 24.8 Å². The molecular weight excluding hydrogens is 524 g/mol. The number of carbonyl (C=O) groups is 1. The Bertz CT molecular complexity index is 856. The van der Waals surface area contributed by atoms with Gasteiger partial charge in [-0.05, 0) is 41.8 Å². The highest BCUT2D eigenvalue weighted by molar-refractivity contribution is 14.0. The second-order valence-electron chi connectivity index (χ2n) is 6.67. The Labute approximate surface area is 196 Å². The Morgan fingerprint density at radius 1 is 1.10 bits per heavy atom. The molecule has 0 saturated heterocycles. The van der Waals surface area contributed by atoms with Crippen molar-refractivity contribution < 1.29 is 22.7 Å². The van der Waals surface area contributed by atoms with Crippen LogP contribution in [0, 0.1) is 0 Å². The van der Waals surface area contributed by atoms with Gasteiger partial charge in [-0.15, -0.1) is 24.0 Å². The van der Waals surface area contributed by atoms with Crippen molar-refractivity contribution in [1.29, 1.82) is 0 Å². The Hall–Kier alpha value is -2.50. The molecule has 2 rings (SSSR count). The number of ether oxygens (including phenoxy) is 1. The number of hydrogen-bond donors (Lipinski definition) is 2. The fourth-order valence-electron chi connectivity index (χ4n) is 2.76. The van der Waals surface area contributed by atoms with Gasteiger partial charge >= 0.3 is 6.18 Å². The number of primary amides is 1. The van der Waals surface area contributed by atoms with Crippen LogP contribution in [-0.2, 0) is 23.9 Å². The van der Waals surface area contributed by atoms with Gasteiger partial charge in [0.2, 0.25) is 0 Å². The summed E-state index contributed by atoms with van der Waals surface area (Å²) in [5.41, 5.74) is 6.19. The lowest BCUT2D eigenvalue weighted by molar-refractivity contribution is -0.137. The number of alkyl halides is 3. The minimum atomic E-state index is -4.34. The van der Waals surface area contributed by atoms with E-state index in [1.165, 1.54) is 12.1 Å². The first-order chi connectivity index (χ1) is 14.2. The number of nitrogens with one attached hydrogen (secondary N) is 1. The molecule has 0 heterocycles. The van der Waals surface area contributed by atoms with Gasteiger partial charge in [-0.1, -0.05) is 24.3 Å². The van der Waals surface area contributed by atoms with Crippen LogP contribution >= 0.6 is 24.0 Å². The van der Waals surface area contributed by atoms with Gasteiger partial charge in [-0.2, -0.15) is 13.2 Å². The fraction of sp³-hybridized carbons (Fsp3) is 0.333. The van der Waals surface area contributed by atoms with E-state index in [1.807, 2.05) is 24.1 Å². The van der Waals surface area contributed by atoms with Crippen molar-refractivity contribution in [2.75, 3.05) is 27.2 Å². The van der Waals surface area contributed by atoms with Gasteiger partial charge in [0.25, 0.3) is 5.91 Å². The van der Waals surface area contributed by atoms with E-state index in [9.17, 15) is 18.0 Å². The molecule has 0 aliphatic carbocycles. The molecule has 0 radical (unpaired) electrons. The Morgan fingerprint density at radius 3 is 2.19 bits per heavy atom.